The van der Waals surface area contributed by atoms with Gasteiger partial charge in [-0.2, -0.15) is 4.31 Å². The van der Waals surface area contributed by atoms with Crippen LogP contribution >= 0.6 is 11.3 Å². The first-order chi connectivity index (χ1) is 14.0. The van der Waals surface area contributed by atoms with Gasteiger partial charge in [-0.25, -0.2) is 18.2 Å². The molecule has 7 nitrogen and oxygen atoms in total. The minimum Gasteiger partial charge on any atom is -0.465 e. The van der Waals surface area contributed by atoms with Gasteiger partial charge in [0.25, 0.3) is 0 Å². The van der Waals surface area contributed by atoms with E-state index in [1.807, 2.05) is 30.3 Å². The number of ether oxygens (including phenoxy) is 1. The van der Waals surface area contributed by atoms with E-state index in [4.69, 9.17) is 4.74 Å². The van der Waals surface area contributed by atoms with Gasteiger partial charge < -0.3 is 4.74 Å². The van der Waals surface area contributed by atoms with E-state index in [0.29, 0.717) is 42.5 Å². The number of hydrogen-bond donors (Lipinski definition) is 0. The lowest BCUT2D eigenvalue weighted by atomic mass is 10.1. The third kappa shape index (κ3) is 4.18. The molecule has 3 aromatic rings. The summed E-state index contributed by atoms with van der Waals surface area (Å²) in [4.78, 5) is 18.8. The van der Waals surface area contributed by atoms with Crippen LogP contribution in [0.5, 0.6) is 0 Å². The number of sulfonamides is 1. The van der Waals surface area contributed by atoms with Crippen LogP contribution in [0, 0.1) is 0 Å². The van der Waals surface area contributed by atoms with Gasteiger partial charge in [-0.05, 0) is 22.9 Å². The van der Waals surface area contributed by atoms with Crippen LogP contribution in [0.1, 0.15) is 14.7 Å². The zero-order chi connectivity index (χ0) is 20.4. The Hall–Kier alpha value is -2.33. The molecule has 0 spiro atoms. The van der Waals surface area contributed by atoms with Gasteiger partial charge in [0.2, 0.25) is 10.0 Å². The summed E-state index contributed by atoms with van der Waals surface area (Å²) >= 11 is 1.30. The quantitative estimate of drug-likeness (QED) is 0.578. The molecule has 0 aliphatic carbocycles. The first-order valence-corrected chi connectivity index (χ1v) is 11.5. The van der Waals surface area contributed by atoms with E-state index < -0.39 is 10.0 Å². The van der Waals surface area contributed by atoms with Crippen LogP contribution in [-0.2, 0) is 21.3 Å². The fraction of sp³-hybridized carbons (Fsp3) is 0.300. The van der Waals surface area contributed by atoms with Crippen LogP contribution in [0.15, 0.2) is 53.6 Å². The van der Waals surface area contributed by atoms with Crippen LogP contribution in [0.25, 0.3) is 10.8 Å². The van der Waals surface area contributed by atoms with Gasteiger partial charge >= 0.3 is 5.97 Å². The number of rotatable bonds is 5. The first kappa shape index (κ1) is 20.0. The maximum Gasteiger partial charge on any atom is 0.349 e. The Morgan fingerprint density at radius 3 is 2.55 bits per heavy atom. The molecular formula is C20H21N3O4S2. The minimum absolute atomic E-state index is 0.326. The van der Waals surface area contributed by atoms with Crippen molar-refractivity contribution in [3.8, 4) is 0 Å². The van der Waals surface area contributed by atoms with Gasteiger partial charge in [-0.15, -0.1) is 11.3 Å². The second-order valence-corrected chi connectivity index (χ2v) is 9.85. The lowest BCUT2D eigenvalue weighted by molar-refractivity contribution is 0.0606. The van der Waals surface area contributed by atoms with Crippen LogP contribution in [0.3, 0.4) is 0 Å². The Kier molecular flexibility index (Phi) is 5.64. The number of carbonyl (C=O) groups excluding carboxylic acids is 1. The predicted molar refractivity (Wildman–Crippen MR) is 111 cm³/mol. The predicted octanol–water partition coefficient (Wildman–Crippen LogP) is 2.59. The molecule has 152 valence electrons. The fourth-order valence-corrected chi connectivity index (χ4v) is 5.71. The maximum atomic E-state index is 13.1. The van der Waals surface area contributed by atoms with E-state index in [0.717, 1.165) is 15.8 Å². The first-order valence-electron chi connectivity index (χ1n) is 9.22. The van der Waals surface area contributed by atoms with Crippen molar-refractivity contribution in [3.63, 3.8) is 0 Å². The molecule has 0 radical (unpaired) electrons. The highest BCUT2D eigenvalue weighted by atomic mass is 32.2. The summed E-state index contributed by atoms with van der Waals surface area (Å²) in [5, 5.41) is 2.75. The van der Waals surface area contributed by atoms with E-state index in [2.05, 4.69) is 9.88 Å². The number of fused-ring (bicyclic) bond motifs is 1. The standard InChI is InChI=1S/C20H21N3O4S2/c1-27-20(24)18-13-21-19(28-18)14-22-8-10-23(11-9-22)29(25,26)17-7-6-15-4-2-3-5-16(15)12-17/h2-7,12-13H,8-11,14H2,1H3. The Morgan fingerprint density at radius 1 is 1.10 bits per heavy atom. The van der Waals surface area contributed by atoms with E-state index in [-0.39, 0.29) is 5.97 Å². The molecule has 0 saturated carbocycles. The van der Waals surface area contributed by atoms with Gasteiger partial charge in [0.05, 0.1) is 24.7 Å². The molecule has 1 aliphatic heterocycles. The fourth-order valence-electron chi connectivity index (χ4n) is 3.37. The molecule has 1 aliphatic rings. The smallest absolute Gasteiger partial charge is 0.349 e. The molecule has 2 heterocycles. The lowest BCUT2D eigenvalue weighted by Crippen LogP contribution is -2.48. The van der Waals surface area contributed by atoms with Gasteiger partial charge in [0.1, 0.15) is 9.88 Å². The second kappa shape index (κ2) is 8.19. The Bertz CT molecular complexity index is 1140. The molecule has 0 atom stereocenters. The Balaban J connectivity index is 1.41. The molecule has 1 aromatic heterocycles. The molecule has 1 fully saturated rings. The highest BCUT2D eigenvalue weighted by molar-refractivity contribution is 7.89. The molecule has 4 rings (SSSR count). The van der Waals surface area contributed by atoms with E-state index in [1.165, 1.54) is 28.9 Å². The number of aromatic nitrogens is 1. The normalized spacial score (nSPS) is 16.2. The molecule has 9 heteroatoms. The van der Waals surface area contributed by atoms with Crippen LogP contribution in [0.4, 0.5) is 0 Å². The molecule has 29 heavy (non-hydrogen) atoms. The van der Waals surface area contributed by atoms with E-state index in [9.17, 15) is 13.2 Å². The number of carbonyl (C=O) groups is 1. The highest BCUT2D eigenvalue weighted by Gasteiger charge is 2.29. The molecular weight excluding hydrogens is 410 g/mol. The van der Waals surface area contributed by atoms with Crippen LogP contribution in [0.2, 0.25) is 0 Å². The van der Waals surface area contributed by atoms with Crippen molar-refractivity contribution in [2.75, 3.05) is 33.3 Å². The largest absolute Gasteiger partial charge is 0.465 e. The van der Waals surface area contributed by atoms with Crippen LogP contribution in [-0.4, -0.2) is 61.9 Å². The summed E-state index contributed by atoms with van der Waals surface area (Å²) in [5.74, 6) is -0.389. The zero-order valence-electron chi connectivity index (χ0n) is 15.9. The van der Waals surface area contributed by atoms with E-state index in [1.54, 1.807) is 12.1 Å². The summed E-state index contributed by atoms with van der Waals surface area (Å²) in [6.07, 6.45) is 1.52. The third-order valence-corrected chi connectivity index (χ3v) is 7.85. The zero-order valence-corrected chi connectivity index (χ0v) is 17.6. The van der Waals surface area contributed by atoms with Gasteiger partial charge in [0, 0.05) is 26.2 Å². The van der Waals surface area contributed by atoms with Crippen molar-refractivity contribution in [3.05, 3.63) is 58.5 Å². The molecule has 0 bridgehead atoms. The van der Waals surface area contributed by atoms with Crippen molar-refractivity contribution < 1.29 is 17.9 Å². The summed E-state index contributed by atoms with van der Waals surface area (Å²) in [7, 11) is -2.18. The number of nitrogens with zero attached hydrogens (tertiary/aromatic N) is 3. The van der Waals surface area contributed by atoms with Gasteiger partial charge in [0.15, 0.2) is 0 Å². The van der Waals surface area contributed by atoms with Crippen molar-refractivity contribution in [2.45, 2.75) is 11.4 Å². The van der Waals surface area contributed by atoms with Gasteiger partial charge in [-0.1, -0.05) is 30.3 Å². The van der Waals surface area contributed by atoms with Gasteiger partial charge in [-0.3, -0.25) is 4.90 Å². The summed E-state index contributed by atoms with van der Waals surface area (Å²) in [5.41, 5.74) is 0. The summed E-state index contributed by atoms with van der Waals surface area (Å²) < 4.78 is 32.3. The minimum atomic E-state index is -3.53. The molecule has 0 unspecified atom stereocenters. The molecule has 0 amide bonds. The number of esters is 1. The van der Waals surface area contributed by atoms with Crippen molar-refractivity contribution in [1.29, 1.82) is 0 Å². The Morgan fingerprint density at radius 2 is 1.83 bits per heavy atom. The maximum absolute atomic E-state index is 13.1. The van der Waals surface area contributed by atoms with Crippen LogP contribution < -0.4 is 0 Å². The van der Waals surface area contributed by atoms with Crippen molar-refractivity contribution >= 4 is 38.1 Å². The van der Waals surface area contributed by atoms with Crippen molar-refractivity contribution in [1.82, 2.24) is 14.2 Å². The summed E-state index contributed by atoms with van der Waals surface area (Å²) in [6, 6.07) is 13.0. The second-order valence-electron chi connectivity index (χ2n) is 6.80. The topological polar surface area (TPSA) is 79.8 Å². The number of benzene rings is 2. The monoisotopic (exact) mass is 431 g/mol. The highest BCUT2D eigenvalue weighted by Crippen LogP contribution is 2.23. The van der Waals surface area contributed by atoms with E-state index >= 15 is 0 Å². The summed E-state index contributed by atoms with van der Waals surface area (Å²) in [6.45, 7) is 2.65. The molecule has 0 N–H and O–H groups in total. The molecule has 2 aromatic carbocycles. The third-order valence-electron chi connectivity index (χ3n) is 4.99. The average molecular weight is 432 g/mol. The molecule has 1 saturated heterocycles. The lowest BCUT2D eigenvalue weighted by Gasteiger charge is -2.33. The number of piperazine rings is 1. The number of methoxy groups -OCH3 is 1. The Labute approximate surface area is 173 Å². The van der Waals surface area contributed by atoms with Crippen molar-refractivity contribution in [2.24, 2.45) is 0 Å². The average Bonchev–Trinajstić information content (AvgIpc) is 3.21. The number of hydrogen-bond acceptors (Lipinski definition) is 7. The number of thiazole rings is 1. The SMILES string of the molecule is COC(=O)c1cnc(CN2CCN(S(=O)(=O)c3ccc4ccccc4c3)CC2)s1.